The van der Waals surface area contributed by atoms with Gasteiger partial charge in [0.25, 0.3) is 0 Å². The van der Waals surface area contributed by atoms with Gasteiger partial charge < -0.3 is 24.2 Å². The first kappa shape index (κ1) is 16.2. The molecule has 3 atom stereocenters. The third kappa shape index (κ3) is 3.07. The summed E-state index contributed by atoms with van der Waals surface area (Å²) in [7, 11) is -2.96. The van der Waals surface area contributed by atoms with E-state index in [1.165, 1.54) is 12.7 Å². The average molecular weight is 345 g/mol. The summed E-state index contributed by atoms with van der Waals surface area (Å²) in [5.74, 6) is 0. The first-order chi connectivity index (χ1) is 10.8. The zero-order valence-electron chi connectivity index (χ0n) is 12.1. The second-order valence-electron chi connectivity index (χ2n) is 5.21. The largest absolute Gasteiger partial charge is 0.469 e. The standard InChI is InChI=1S/C11H16N5O6P/c1-15-4-14-10(12)9-11(15)16(5-13-9)8-2-6(7(3-17)21-8)22-23(18,19)20/h4-8,12,17H,2-3H2,1H3,(H2,18,19,20)/t6-,7+,8+/m0/s1. The summed E-state index contributed by atoms with van der Waals surface area (Å²) < 4.78 is 24.6. The van der Waals surface area contributed by atoms with Crippen LogP contribution in [0.3, 0.4) is 0 Å². The van der Waals surface area contributed by atoms with Crippen molar-refractivity contribution in [2.24, 2.45) is 7.05 Å². The SMILES string of the molecule is Cn1cnc(=N)c2ncn([C@H]3C[C@H](OP(=O)(O)O)[C@@H](CO)O3)c21. The summed E-state index contributed by atoms with van der Waals surface area (Å²) in [5.41, 5.74) is 0.957. The minimum absolute atomic E-state index is 0.0107. The van der Waals surface area contributed by atoms with Crippen molar-refractivity contribution in [3.63, 3.8) is 0 Å². The molecule has 0 radical (unpaired) electrons. The van der Waals surface area contributed by atoms with Gasteiger partial charge in [-0.3, -0.25) is 14.5 Å². The average Bonchev–Trinajstić information content (AvgIpc) is 3.05. The summed E-state index contributed by atoms with van der Waals surface area (Å²) in [6, 6.07) is 0. The van der Waals surface area contributed by atoms with Crippen LogP contribution in [0.2, 0.25) is 0 Å². The van der Waals surface area contributed by atoms with Crippen molar-refractivity contribution in [1.29, 1.82) is 5.41 Å². The predicted octanol–water partition coefficient (Wildman–Crippen LogP) is -0.993. The highest BCUT2D eigenvalue weighted by molar-refractivity contribution is 7.46. The van der Waals surface area contributed by atoms with Crippen LogP contribution in [0.5, 0.6) is 0 Å². The molecule has 0 aromatic carbocycles. The summed E-state index contributed by atoms with van der Waals surface area (Å²) in [6.45, 7) is -0.439. The summed E-state index contributed by atoms with van der Waals surface area (Å²) in [4.78, 5) is 25.9. The van der Waals surface area contributed by atoms with Crippen LogP contribution in [0.4, 0.5) is 0 Å². The number of ether oxygens (including phenoxy) is 1. The van der Waals surface area contributed by atoms with E-state index in [2.05, 4.69) is 14.5 Å². The second-order valence-corrected chi connectivity index (χ2v) is 6.40. The van der Waals surface area contributed by atoms with Crippen molar-refractivity contribution in [1.82, 2.24) is 19.1 Å². The monoisotopic (exact) mass is 345 g/mol. The molecule has 4 N–H and O–H groups in total. The number of hydrogen-bond acceptors (Lipinski definition) is 7. The van der Waals surface area contributed by atoms with E-state index < -0.39 is 32.9 Å². The lowest BCUT2D eigenvalue weighted by Crippen LogP contribution is -2.26. The van der Waals surface area contributed by atoms with Gasteiger partial charge in [-0.1, -0.05) is 0 Å². The van der Waals surface area contributed by atoms with Crippen molar-refractivity contribution >= 4 is 19.0 Å². The van der Waals surface area contributed by atoms with Gasteiger partial charge >= 0.3 is 7.82 Å². The number of hydrogen-bond donors (Lipinski definition) is 4. The maximum absolute atomic E-state index is 11.0. The molecule has 0 aliphatic carbocycles. The lowest BCUT2D eigenvalue weighted by Gasteiger charge is -2.16. The maximum Gasteiger partial charge on any atom is 0.469 e. The zero-order chi connectivity index (χ0) is 16.8. The second kappa shape index (κ2) is 5.78. The van der Waals surface area contributed by atoms with Crippen LogP contribution in [-0.4, -0.2) is 52.8 Å². The van der Waals surface area contributed by atoms with Crippen molar-refractivity contribution in [3.8, 4) is 0 Å². The molecule has 0 unspecified atom stereocenters. The molecule has 2 aromatic heterocycles. The van der Waals surface area contributed by atoms with Crippen LogP contribution in [-0.2, 0) is 20.9 Å². The van der Waals surface area contributed by atoms with Crippen molar-refractivity contribution in [2.75, 3.05) is 6.61 Å². The molecular weight excluding hydrogens is 329 g/mol. The van der Waals surface area contributed by atoms with Gasteiger partial charge in [-0.25, -0.2) is 14.5 Å². The molecule has 1 saturated heterocycles. The van der Waals surface area contributed by atoms with Gasteiger partial charge in [-0.05, 0) is 0 Å². The topological polar surface area (TPSA) is 156 Å². The van der Waals surface area contributed by atoms with Crippen LogP contribution >= 0.6 is 7.82 Å². The number of aliphatic hydroxyl groups is 1. The molecule has 1 fully saturated rings. The number of imidazole rings is 1. The van der Waals surface area contributed by atoms with Gasteiger partial charge in [0.1, 0.15) is 29.6 Å². The Morgan fingerprint density at radius 2 is 2.22 bits per heavy atom. The van der Waals surface area contributed by atoms with Gasteiger partial charge in [0.2, 0.25) is 0 Å². The zero-order valence-corrected chi connectivity index (χ0v) is 13.0. The molecule has 1 aliphatic rings. The Morgan fingerprint density at radius 1 is 1.48 bits per heavy atom. The fraction of sp³-hybridized carbons (Fsp3) is 0.545. The minimum atomic E-state index is -4.70. The Balaban J connectivity index is 1.96. The van der Waals surface area contributed by atoms with Gasteiger partial charge in [0.15, 0.2) is 5.49 Å². The lowest BCUT2D eigenvalue weighted by molar-refractivity contribution is -0.0426. The molecule has 2 aromatic rings. The number of aryl methyl sites for hydroxylation is 1. The fourth-order valence-corrected chi connectivity index (χ4v) is 3.24. The van der Waals surface area contributed by atoms with Crippen LogP contribution in [0.25, 0.3) is 11.2 Å². The fourth-order valence-electron chi connectivity index (χ4n) is 2.66. The molecule has 1 aliphatic heterocycles. The van der Waals surface area contributed by atoms with E-state index in [0.717, 1.165) is 0 Å². The number of phosphoric ester groups is 1. The molecule has 12 heteroatoms. The van der Waals surface area contributed by atoms with Crippen LogP contribution < -0.4 is 5.49 Å². The number of nitrogens with one attached hydrogen (secondary N) is 1. The maximum atomic E-state index is 11.0. The predicted molar refractivity (Wildman–Crippen MR) is 74.9 cm³/mol. The molecule has 23 heavy (non-hydrogen) atoms. The molecular formula is C11H16N5O6P. The van der Waals surface area contributed by atoms with Crippen molar-refractivity contribution < 1.29 is 28.7 Å². The summed E-state index contributed by atoms with van der Waals surface area (Å²) in [6.07, 6.45) is 0.589. The minimum Gasteiger partial charge on any atom is -0.394 e. The first-order valence-corrected chi connectivity index (χ1v) is 8.26. The van der Waals surface area contributed by atoms with E-state index in [0.29, 0.717) is 11.2 Å². The van der Waals surface area contributed by atoms with Gasteiger partial charge in [-0.15, -0.1) is 0 Å². The van der Waals surface area contributed by atoms with Gasteiger partial charge in [0.05, 0.1) is 19.3 Å². The van der Waals surface area contributed by atoms with Crippen molar-refractivity contribution in [2.45, 2.75) is 24.9 Å². The van der Waals surface area contributed by atoms with E-state index in [1.807, 2.05) is 0 Å². The van der Waals surface area contributed by atoms with Crippen LogP contribution in [0, 0.1) is 5.41 Å². The van der Waals surface area contributed by atoms with Gasteiger partial charge in [-0.2, -0.15) is 0 Å². The smallest absolute Gasteiger partial charge is 0.394 e. The first-order valence-electron chi connectivity index (χ1n) is 6.73. The Kier molecular flexibility index (Phi) is 4.08. The molecule has 126 valence electrons. The number of aromatic nitrogens is 4. The Labute approximate surface area is 129 Å². The number of fused-ring (bicyclic) bond motifs is 1. The normalized spacial score (nSPS) is 25.3. The highest BCUT2D eigenvalue weighted by atomic mass is 31.2. The highest BCUT2D eigenvalue weighted by Gasteiger charge is 2.40. The number of rotatable bonds is 4. The Morgan fingerprint density at radius 3 is 2.87 bits per heavy atom. The Hall–Kier alpha value is -1.62. The lowest BCUT2D eigenvalue weighted by atomic mass is 10.2. The molecule has 0 saturated carbocycles. The Bertz CT molecular complexity index is 828. The highest BCUT2D eigenvalue weighted by Crippen LogP contribution is 2.43. The van der Waals surface area contributed by atoms with E-state index in [1.54, 1.807) is 16.2 Å². The molecule has 0 amide bonds. The van der Waals surface area contributed by atoms with Crippen LogP contribution in [0.15, 0.2) is 12.7 Å². The number of aliphatic hydroxyl groups excluding tert-OH is 1. The third-order valence-corrected chi connectivity index (χ3v) is 4.17. The molecule has 0 spiro atoms. The molecule has 11 nitrogen and oxygen atoms in total. The van der Waals surface area contributed by atoms with Crippen molar-refractivity contribution in [3.05, 3.63) is 18.1 Å². The van der Waals surface area contributed by atoms with Crippen LogP contribution in [0.1, 0.15) is 12.6 Å². The van der Waals surface area contributed by atoms with E-state index in [4.69, 9.17) is 19.9 Å². The summed E-state index contributed by atoms with van der Waals surface area (Å²) in [5, 5.41) is 17.1. The van der Waals surface area contributed by atoms with E-state index in [-0.39, 0.29) is 11.9 Å². The van der Waals surface area contributed by atoms with E-state index in [9.17, 15) is 9.67 Å². The summed E-state index contributed by atoms with van der Waals surface area (Å²) >= 11 is 0. The number of phosphoric acid groups is 1. The van der Waals surface area contributed by atoms with E-state index >= 15 is 0 Å². The third-order valence-electron chi connectivity index (χ3n) is 3.63. The quantitative estimate of drug-likeness (QED) is 0.515. The molecule has 0 bridgehead atoms. The van der Waals surface area contributed by atoms with Gasteiger partial charge in [0, 0.05) is 13.5 Å². The number of nitrogens with zero attached hydrogens (tertiary/aromatic N) is 4. The molecule has 3 heterocycles. The molecule has 3 rings (SSSR count).